The number of ketones is 1. The van der Waals surface area contributed by atoms with E-state index in [1.54, 1.807) is 19.1 Å². The minimum absolute atomic E-state index is 0.0443. The topological polar surface area (TPSA) is 55.7 Å². The summed E-state index contributed by atoms with van der Waals surface area (Å²) in [7, 11) is 0. The van der Waals surface area contributed by atoms with Gasteiger partial charge in [0.05, 0.1) is 16.7 Å². The van der Waals surface area contributed by atoms with Gasteiger partial charge in [-0.25, -0.2) is 0 Å². The first-order valence-electron chi connectivity index (χ1n) is 8.37. The Morgan fingerprint density at radius 3 is 2.72 bits per heavy atom. The number of aliphatic imine (C=N–C) groups is 1. The number of allylic oxidation sites excluding steroid dienone is 2. The average Bonchev–Trinajstić information content (AvgIpc) is 2.56. The summed E-state index contributed by atoms with van der Waals surface area (Å²) in [6.45, 7) is 3.85. The zero-order valence-corrected chi connectivity index (χ0v) is 15.7. The normalized spacial score (nSPS) is 23.2. The van der Waals surface area contributed by atoms with Crippen LogP contribution in [0.4, 0.5) is 0 Å². The average molecular weight is 380 g/mol. The Bertz CT molecular complexity index is 798. The predicted molar refractivity (Wildman–Crippen MR) is 98.3 cm³/mol. The molecule has 1 aromatic rings. The zero-order valence-electron chi connectivity index (χ0n) is 14.1. The summed E-state index contributed by atoms with van der Waals surface area (Å²) in [5.74, 6) is -1.39. The Hall–Kier alpha value is -1.65. The molecule has 0 bridgehead atoms. The number of ether oxygens (including phenoxy) is 1. The zero-order chi connectivity index (χ0) is 18.1. The van der Waals surface area contributed by atoms with Crippen LogP contribution in [0.25, 0.3) is 0 Å². The van der Waals surface area contributed by atoms with Crippen molar-refractivity contribution in [3.8, 4) is 0 Å². The molecule has 132 valence electrons. The van der Waals surface area contributed by atoms with Crippen molar-refractivity contribution in [1.82, 2.24) is 0 Å². The molecule has 0 radical (unpaired) electrons. The van der Waals surface area contributed by atoms with Gasteiger partial charge < -0.3 is 4.74 Å². The van der Waals surface area contributed by atoms with Gasteiger partial charge in [-0.2, -0.15) is 0 Å². The predicted octanol–water partition coefficient (Wildman–Crippen LogP) is 4.74. The van der Waals surface area contributed by atoms with Gasteiger partial charge in [-0.05, 0) is 44.4 Å². The summed E-state index contributed by atoms with van der Waals surface area (Å²) in [5.41, 5.74) is 2.85. The van der Waals surface area contributed by atoms with Gasteiger partial charge in [-0.15, -0.1) is 0 Å². The number of carbonyl (C=O) groups is 2. The van der Waals surface area contributed by atoms with Crippen molar-refractivity contribution >= 4 is 40.7 Å². The number of halogens is 2. The molecule has 1 unspecified atom stereocenters. The number of nitrogens with zero attached hydrogens (tertiary/aromatic N) is 1. The maximum Gasteiger partial charge on any atom is 0.315 e. The van der Waals surface area contributed by atoms with Crippen LogP contribution in [0, 0.1) is 5.92 Å². The fourth-order valence-corrected chi connectivity index (χ4v) is 3.92. The van der Waals surface area contributed by atoms with Gasteiger partial charge in [-0.1, -0.05) is 29.3 Å². The van der Waals surface area contributed by atoms with Crippen molar-refractivity contribution in [1.29, 1.82) is 0 Å². The molecule has 0 saturated heterocycles. The second kappa shape index (κ2) is 7.30. The smallest absolute Gasteiger partial charge is 0.315 e. The van der Waals surface area contributed by atoms with E-state index in [1.165, 1.54) is 0 Å². The molecule has 6 heteroatoms. The van der Waals surface area contributed by atoms with Crippen LogP contribution in [0.3, 0.4) is 0 Å². The Kier molecular flexibility index (Phi) is 5.30. The molecule has 2 aliphatic rings. The molecule has 3 rings (SSSR count). The van der Waals surface area contributed by atoms with E-state index >= 15 is 0 Å². The van der Waals surface area contributed by atoms with Crippen molar-refractivity contribution in [3.63, 3.8) is 0 Å². The van der Waals surface area contributed by atoms with E-state index in [4.69, 9.17) is 27.9 Å². The van der Waals surface area contributed by atoms with Gasteiger partial charge in [0.25, 0.3) is 0 Å². The summed E-state index contributed by atoms with van der Waals surface area (Å²) in [5, 5.41) is 0.829. The molecule has 0 fully saturated rings. The first kappa shape index (κ1) is 18.2. The molecule has 1 aliphatic heterocycles. The van der Waals surface area contributed by atoms with E-state index in [-0.39, 0.29) is 18.4 Å². The maximum absolute atomic E-state index is 12.7. The van der Waals surface area contributed by atoms with E-state index < -0.39 is 11.8 Å². The molecular weight excluding hydrogens is 361 g/mol. The lowest BCUT2D eigenvalue weighted by atomic mass is 9.72. The minimum atomic E-state index is -0.627. The molecule has 0 spiro atoms. The molecule has 1 aromatic carbocycles. The summed E-state index contributed by atoms with van der Waals surface area (Å²) in [6, 6.07) is 5.23. The van der Waals surface area contributed by atoms with Crippen molar-refractivity contribution in [2.24, 2.45) is 10.9 Å². The van der Waals surface area contributed by atoms with Crippen LogP contribution in [-0.2, 0) is 14.3 Å². The van der Waals surface area contributed by atoms with Crippen molar-refractivity contribution in [2.45, 2.75) is 39.0 Å². The van der Waals surface area contributed by atoms with Crippen LogP contribution in [0.1, 0.15) is 44.6 Å². The van der Waals surface area contributed by atoms with Gasteiger partial charge >= 0.3 is 5.97 Å². The fourth-order valence-electron chi connectivity index (χ4n) is 3.61. The fraction of sp³-hybridized carbons (Fsp3) is 0.421. The highest BCUT2D eigenvalue weighted by molar-refractivity contribution is 6.42. The molecule has 0 amide bonds. The maximum atomic E-state index is 12.7. The van der Waals surface area contributed by atoms with Gasteiger partial charge in [0.1, 0.15) is 5.92 Å². The third-order valence-electron chi connectivity index (χ3n) is 4.68. The number of esters is 1. The third kappa shape index (κ3) is 3.38. The summed E-state index contributed by atoms with van der Waals surface area (Å²) >= 11 is 12.2. The molecule has 25 heavy (non-hydrogen) atoms. The monoisotopic (exact) mass is 379 g/mol. The van der Waals surface area contributed by atoms with Gasteiger partial charge in [0, 0.05) is 29.3 Å². The molecule has 2 atom stereocenters. The molecule has 0 N–H and O–H groups in total. The lowest BCUT2D eigenvalue weighted by Gasteiger charge is -2.34. The van der Waals surface area contributed by atoms with Crippen LogP contribution < -0.4 is 0 Å². The van der Waals surface area contributed by atoms with E-state index in [9.17, 15) is 9.59 Å². The largest absolute Gasteiger partial charge is 0.465 e. The lowest BCUT2D eigenvalue weighted by Crippen LogP contribution is -2.37. The number of rotatable bonds is 3. The molecular formula is C19H19Cl2NO3. The van der Waals surface area contributed by atoms with E-state index in [1.807, 2.05) is 13.0 Å². The quantitative estimate of drug-likeness (QED) is 0.712. The lowest BCUT2D eigenvalue weighted by molar-refractivity contribution is -0.146. The van der Waals surface area contributed by atoms with Crippen LogP contribution in [0.5, 0.6) is 0 Å². The van der Waals surface area contributed by atoms with E-state index in [0.29, 0.717) is 27.8 Å². The Balaban J connectivity index is 2.17. The van der Waals surface area contributed by atoms with Crippen LogP contribution in [0.15, 0.2) is 34.5 Å². The van der Waals surface area contributed by atoms with Gasteiger partial charge in [0.15, 0.2) is 5.78 Å². The number of hydrogen-bond donors (Lipinski definition) is 0. The summed E-state index contributed by atoms with van der Waals surface area (Å²) < 4.78 is 5.26. The van der Waals surface area contributed by atoms with E-state index in [2.05, 4.69) is 4.99 Å². The standard InChI is InChI=1S/C19H19Cl2NO3/c1-3-25-19(24)16-10(2)22-14-5-4-6-15(23)18(14)17(16)11-7-8-12(20)13(21)9-11/h7-9,16-17H,3-6H2,1-2H3/t16?,17-/m1/s1. The van der Waals surface area contributed by atoms with Crippen molar-refractivity contribution < 1.29 is 14.3 Å². The molecule has 0 aromatic heterocycles. The Labute approximate surface area is 156 Å². The third-order valence-corrected chi connectivity index (χ3v) is 5.42. The van der Waals surface area contributed by atoms with Gasteiger partial charge in [0.2, 0.25) is 0 Å². The second-order valence-corrected chi connectivity index (χ2v) is 7.09. The SMILES string of the molecule is CCOC(=O)C1C(C)=NC2=C(C(=O)CCC2)[C@@H]1c1ccc(Cl)c(Cl)c1. The van der Waals surface area contributed by atoms with Gasteiger partial charge in [-0.3, -0.25) is 14.6 Å². The highest BCUT2D eigenvalue weighted by atomic mass is 35.5. The van der Waals surface area contributed by atoms with Crippen molar-refractivity contribution in [3.05, 3.63) is 45.1 Å². The van der Waals surface area contributed by atoms with Crippen LogP contribution >= 0.6 is 23.2 Å². The Morgan fingerprint density at radius 1 is 1.28 bits per heavy atom. The Morgan fingerprint density at radius 2 is 2.04 bits per heavy atom. The molecule has 4 nitrogen and oxygen atoms in total. The van der Waals surface area contributed by atoms with Crippen LogP contribution in [0.2, 0.25) is 10.0 Å². The molecule has 1 aliphatic carbocycles. The highest BCUT2D eigenvalue weighted by Crippen LogP contribution is 2.44. The number of benzene rings is 1. The number of carbonyl (C=O) groups excluding carboxylic acids is 2. The van der Waals surface area contributed by atoms with Crippen LogP contribution in [-0.4, -0.2) is 24.1 Å². The van der Waals surface area contributed by atoms with Crippen molar-refractivity contribution in [2.75, 3.05) is 6.61 Å². The highest BCUT2D eigenvalue weighted by Gasteiger charge is 2.43. The molecule has 0 saturated carbocycles. The summed E-state index contributed by atoms with van der Waals surface area (Å²) in [6.07, 6.45) is 2.00. The van der Waals surface area contributed by atoms with E-state index in [0.717, 1.165) is 24.1 Å². The number of hydrogen-bond acceptors (Lipinski definition) is 4. The number of Topliss-reactive ketones (excluding diaryl/α,β-unsaturated/α-hetero) is 1. The first-order chi connectivity index (χ1) is 11.9. The molecule has 1 heterocycles. The second-order valence-electron chi connectivity index (χ2n) is 6.27. The first-order valence-corrected chi connectivity index (χ1v) is 9.12. The summed E-state index contributed by atoms with van der Waals surface area (Å²) in [4.78, 5) is 29.9. The minimum Gasteiger partial charge on any atom is -0.465 e.